The van der Waals surface area contributed by atoms with Crippen molar-refractivity contribution in [2.75, 3.05) is 18.0 Å². The first-order valence-electron chi connectivity index (χ1n) is 11.5. The van der Waals surface area contributed by atoms with Crippen LogP contribution >= 0.6 is 0 Å². The lowest BCUT2D eigenvalue weighted by molar-refractivity contribution is -0.274. The van der Waals surface area contributed by atoms with Gasteiger partial charge in [-0.1, -0.05) is 18.2 Å². The molecule has 0 bridgehead atoms. The van der Waals surface area contributed by atoms with Crippen molar-refractivity contribution < 1.29 is 32.2 Å². The number of fused-ring (bicyclic) bond motifs is 3. The number of carbonyl (C=O) groups is 2. The molecule has 2 heterocycles. The Hall–Kier alpha value is -4.02. The smallest absolute Gasteiger partial charge is 0.442 e. The second-order valence-electron chi connectivity index (χ2n) is 8.75. The zero-order valence-corrected chi connectivity index (χ0v) is 19.3. The molecule has 1 saturated heterocycles. The molecule has 1 aromatic heterocycles. The number of hydrogen-bond acceptors (Lipinski definition) is 5. The van der Waals surface area contributed by atoms with Crippen LogP contribution < -0.4 is 15.0 Å². The summed E-state index contributed by atoms with van der Waals surface area (Å²) in [5.41, 5.74) is 5.33. The predicted molar refractivity (Wildman–Crippen MR) is 124 cm³/mol. The van der Waals surface area contributed by atoms with Gasteiger partial charge in [0.2, 0.25) is 5.91 Å². The van der Waals surface area contributed by atoms with Gasteiger partial charge in [-0.05, 0) is 49.1 Å². The van der Waals surface area contributed by atoms with Crippen molar-refractivity contribution in [3.63, 3.8) is 0 Å². The van der Waals surface area contributed by atoms with E-state index in [1.807, 2.05) is 18.2 Å². The Bertz CT molecular complexity index is 1320. The van der Waals surface area contributed by atoms with E-state index in [1.54, 1.807) is 6.07 Å². The first-order chi connectivity index (χ1) is 17.2. The SMILES string of the molecule is CC(=O)NCC1CN(c2ccc3c(c2)-c2[nH]nc(-c4cccc(OC(F)(F)F)c4)c2CCC3)C(=O)O1. The highest BCUT2D eigenvalue weighted by Crippen LogP contribution is 2.39. The van der Waals surface area contributed by atoms with Gasteiger partial charge in [0.05, 0.1) is 24.5 Å². The summed E-state index contributed by atoms with van der Waals surface area (Å²) < 4.78 is 47.6. The summed E-state index contributed by atoms with van der Waals surface area (Å²) >= 11 is 0. The maximum absolute atomic E-state index is 12.7. The van der Waals surface area contributed by atoms with Gasteiger partial charge in [0, 0.05) is 29.3 Å². The fourth-order valence-corrected chi connectivity index (χ4v) is 4.65. The average molecular weight is 500 g/mol. The number of halogens is 3. The third-order valence-corrected chi connectivity index (χ3v) is 6.21. The minimum atomic E-state index is -4.78. The standard InChI is InChI=1S/C25H23F3N4O4/c1-14(33)29-12-19-13-32(24(34)35-19)17-9-8-15-4-3-7-20-22(30-31-23(20)21(15)11-17)16-5-2-6-18(10-16)36-25(26,27)28/h2,5-6,8-11,19H,3-4,7,12-13H2,1H3,(H,29,33)(H,30,31). The Morgan fingerprint density at radius 2 is 2.08 bits per heavy atom. The number of aromatic amines is 1. The molecule has 3 aromatic rings. The van der Waals surface area contributed by atoms with Gasteiger partial charge in [-0.2, -0.15) is 5.10 Å². The first-order valence-corrected chi connectivity index (χ1v) is 11.5. The van der Waals surface area contributed by atoms with Crippen LogP contribution in [-0.4, -0.2) is 47.8 Å². The molecule has 2 amide bonds. The highest BCUT2D eigenvalue weighted by Gasteiger charge is 2.34. The normalized spacial score (nSPS) is 17.2. The van der Waals surface area contributed by atoms with Crippen molar-refractivity contribution in [2.24, 2.45) is 0 Å². The lowest BCUT2D eigenvalue weighted by atomic mass is 9.99. The number of H-pyrrole nitrogens is 1. The van der Waals surface area contributed by atoms with Crippen molar-refractivity contribution in [3.8, 4) is 28.3 Å². The van der Waals surface area contributed by atoms with E-state index in [1.165, 1.54) is 30.0 Å². The number of cyclic esters (lactones) is 1. The minimum Gasteiger partial charge on any atom is -0.442 e. The Labute approximate surface area is 204 Å². The summed E-state index contributed by atoms with van der Waals surface area (Å²) in [6, 6.07) is 11.5. The summed E-state index contributed by atoms with van der Waals surface area (Å²) in [6.45, 7) is 1.93. The predicted octanol–water partition coefficient (Wildman–Crippen LogP) is 4.59. The van der Waals surface area contributed by atoms with Gasteiger partial charge in [0.25, 0.3) is 0 Å². The molecule has 1 atom stereocenters. The van der Waals surface area contributed by atoms with Crippen LogP contribution in [-0.2, 0) is 22.4 Å². The summed E-state index contributed by atoms with van der Waals surface area (Å²) in [4.78, 5) is 25.2. The Balaban J connectivity index is 1.46. The number of hydrogen-bond donors (Lipinski definition) is 2. The molecule has 2 aromatic carbocycles. The number of anilines is 1. The highest BCUT2D eigenvalue weighted by atomic mass is 19.4. The number of ether oxygens (including phenoxy) is 2. The molecule has 1 aliphatic carbocycles. The zero-order valence-electron chi connectivity index (χ0n) is 19.3. The Kier molecular flexibility index (Phi) is 6.07. The van der Waals surface area contributed by atoms with Crippen LogP contribution in [0.2, 0.25) is 0 Å². The first kappa shape index (κ1) is 23.7. The van der Waals surface area contributed by atoms with E-state index < -0.39 is 18.6 Å². The van der Waals surface area contributed by atoms with Crippen molar-refractivity contribution in [1.29, 1.82) is 0 Å². The molecular weight excluding hydrogens is 477 g/mol. The van der Waals surface area contributed by atoms with Crippen molar-refractivity contribution in [1.82, 2.24) is 15.5 Å². The number of carbonyl (C=O) groups excluding carboxylic acids is 2. The second-order valence-corrected chi connectivity index (χ2v) is 8.75. The molecule has 0 radical (unpaired) electrons. The van der Waals surface area contributed by atoms with Gasteiger partial charge in [0.1, 0.15) is 11.9 Å². The molecule has 0 spiro atoms. The third-order valence-electron chi connectivity index (χ3n) is 6.21. The lowest BCUT2D eigenvalue weighted by Gasteiger charge is -2.16. The molecule has 2 aliphatic rings. The number of rotatable bonds is 5. The Morgan fingerprint density at radius 3 is 2.86 bits per heavy atom. The van der Waals surface area contributed by atoms with Crippen molar-refractivity contribution in [2.45, 2.75) is 38.7 Å². The number of benzene rings is 2. The monoisotopic (exact) mass is 500 g/mol. The van der Waals surface area contributed by atoms with Gasteiger partial charge in [-0.3, -0.25) is 14.8 Å². The molecule has 8 nitrogen and oxygen atoms in total. The number of aromatic nitrogens is 2. The van der Waals surface area contributed by atoms with Crippen LogP contribution in [0.3, 0.4) is 0 Å². The van der Waals surface area contributed by atoms with E-state index in [0.717, 1.165) is 35.2 Å². The van der Waals surface area contributed by atoms with Crippen molar-refractivity contribution in [3.05, 3.63) is 53.6 Å². The van der Waals surface area contributed by atoms with Gasteiger partial charge in [-0.15, -0.1) is 13.2 Å². The molecule has 188 valence electrons. The van der Waals surface area contributed by atoms with Crippen LogP contribution in [0, 0.1) is 0 Å². The van der Waals surface area contributed by atoms with Gasteiger partial charge in [0.15, 0.2) is 0 Å². The molecule has 0 saturated carbocycles. The fourth-order valence-electron chi connectivity index (χ4n) is 4.65. The van der Waals surface area contributed by atoms with Crippen LogP contribution in [0.5, 0.6) is 5.75 Å². The van der Waals surface area contributed by atoms with Crippen LogP contribution in [0.4, 0.5) is 23.7 Å². The summed E-state index contributed by atoms with van der Waals surface area (Å²) in [5.74, 6) is -0.512. The lowest BCUT2D eigenvalue weighted by Crippen LogP contribution is -2.33. The quantitative estimate of drug-likeness (QED) is 0.534. The fraction of sp³-hybridized carbons (Fsp3) is 0.320. The molecule has 36 heavy (non-hydrogen) atoms. The highest BCUT2D eigenvalue weighted by molar-refractivity contribution is 5.91. The molecule has 1 unspecified atom stereocenters. The minimum absolute atomic E-state index is 0.201. The molecule has 5 rings (SSSR count). The number of nitrogens with zero attached hydrogens (tertiary/aromatic N) is 2. The summed E-state index contributed by atoms with van der Waals surface area (Å²) in [7, 11) is 0. The summed E-state index contributed by atoms with van der Waals surface area (Å²) in [5, 5.41) is 10.2. The van der Waals surface area contributed by atoms with Crippen LogP contribution in [0.15, 0.2) is 42.5 Å². The third kappa shape index (κ3) is 4.86. The van der Waals surface area contributed by atoms with Gasteiger partial charge in [-0.25, -0.2) is 4.79 Å². The van der Waals surface area contributed by atoms with E-state index in [0.29, 0.717) is 29.9 Å². The molecule has 11 heteroatoms. The molecular formula is C25H23F3N4O4. The van der Waals surface area contributed by atoms with E-state index in [-0.39, 0.29) is 18.2 Å². The molecule has 1 aliphatic heterocycles. The van der Waals surface area contributed by atoms with Gasteiger partial charge < -0.3 is 14.8 Å². The molecule has 2 N–H and O–H groups in total. The van der Waals surface area contributed by atoms with Crippen molar-refractivity contribution >= 4 is 17.7 Å². The number of aryl methyl sites for hydroxylation is 1. The van der Waals surface area contributed by atoms with Crippen LogP contribution in [0.25, 0.3) is 22.5 Å². The zero-order chi connectivity index (χ0) is 25.4. The van der Waals surface area contributed by atoms with Gasteiger partial charge >= 0.3 is 12.5 Å². The maximum Gasteiger partial charge on any atom is 0.573 e. The van der Waals surface area contributed by atoms with E-state index in [4.69, 9.17) is 4.74 Å². The van der Waals surface area contributed by atoms with Crippen LogP contribution in [0.1, 0.15) is 24.5 Å². The average Bonchev–Trinajstić information content (AvgIpc) is 3.35. The second kappa shape index (κ2) is 9.21. The largest absolute Gasteiger partial charge is 0.573 e. The van der Waals surface area contributed by atoms with E-state index >= 15 is 0 Å². The number of nitrogens with one attached hydrogen (secondary N) is 2. The van der Waals surface area contributed by atoms with E-state index in [2.05, 4.69) is 20.3 Å². The molecule has 1 fully saturated rings. The number of amides is 2. The maximum atomic E-state index is 12.7. The Morgan fingerprint density at radius 1 is 1.25 bits per heavy atom. The van der Waals surface area contributed by atoms with E-state index in [9.17, 15) is 22.8 Å². The number of alkyl halides is 3. The summed E-state index contributed by atoms with van der Waals surface area (Å²) in [6.07, 6.45) is -3.43. The topological polar surface area (TPSA) is 96.5 Å².